The molecule has 4 aliphatic carbocycles. The summed E-state index contributed by atoms with van der Waals surface area (Å²) in [6.07, 6.45) is 4.94. The maximum atomic E-state index is 1.66. The van der Waals surface area contributed by atoms with Crippen molar-refractivity contribution in [2.24, 2.45) is 35.5 Å². The van der Waals surface area contributed by atoms with E-state index in [-0.39, 0.29) is 0 Å². The highest BCUT2D eigenvalue weighted by molar-refractivity contribution is 5.19. The Kier molecular flexibility index (Phi) is 0.395. The van der Waals surface area contributed by atoms with Crippen LogP contribution in [0, 0.1) is 35.5 Å². The predicted octanol–water partition coefficient (Wildman–Crippen LogP) is 1.91. The zero-order chi connectivity index (χ0) is 5.59. The van der Waals surface area contributed by atoms with Gasteiger partial charge in [0.1, 0.15) is 0 Å². The Hall–Kier alpha value is 0. The fourth-order valence-electron chi connectivity index (χ4n) is 4.09. The van der Waals surface area contributed by atoms with Crippen molar-refractivity contribution < 1.29 is 0 Å². The molecule has 0 saturated heterocycles. The lowest BCUT2D eigenvalue weighted by atomic mass is 10.0. The third-order valence-corrected chi connectivity index (χ3v) is 4.53. The first-order chi connectivity index (χ1) is 4.45. The smallest absolute Gasteiger partial charge is 0.0349 e. The Morgan fingerprint density at radius 3 is 0.889 bits per heavy atom. The highest BCUT2D eigenvalue weighted by Gasteiger charge is 2.70. The minimum absolute atomic E-state index is 1.25. The monoisotopic (exact) mass is 120 g/mol. The normalized spacial score (nSPS) is 80.0. The van der Waals surface area contributed by atoms with E-state index in [4.69, 9.17) is 0 Å². The molecule has 4 fully saturated rings. The van der Waals surface area contributed by atoms with Crippen LogP contribution in [-0.4, -0.2) is 0 Å². The lowest BCUT2D eigenvalue weighted by molar-refractivity contribution is 0.434. The number of hydrogen-bond donors (Lipinski definition) is 0. The summed E-state index contributed by atoms with van der Waals surface area (Å²) < 4.78 is 0. The zero-order valence-corrected chi connectivity index (χ0v) is 5.59. The van der Waals surface area contributed by atoms with Crippen molar-refractivity contribution in [2.75, 3.05) is 0 Å². The summed E-state index contributed by atoms with van der Waals surface area (Å²) in [5.41, 5.74) is 0. The molecule has 0 radical (unpaired) electrons. The summed E-state index contributed by atoms with van der Waals surface area (Å²) in [5.74, 6) is 7.56. The third kappa shape index (κ3) is 0.281. The van der Waals surface area contributed by atoms with E-state index in [1.165, 1.54) is 35.5 Å². The quantitative estimate of drug-likeness (QED) is 0.458. The zero-order valence-electron chi connectivity index (χ0n) is 5.59. The molecule has 0 nitrogen and oxygen atoms in total. The highest BCUT2D eigenvalue weighted by Crippen LogP contribution is 2.77. The van der Waals surface area contributed by atoms with Crippen LogP contribution < -0.4 is 0 Å². The Labute approximate surface area is 55.6 Å². The van der Waals surface area contributed by atoms with Gasteiger partial charge < -0.3 is 0 Å². The van der Waals surface area contributed by atoms with Crippen LogP contribution in [-0.2, 0) is 0 Å². The second kappa shape index (κ2) is 0.889. The molecule has 2 bridgehead atoms. The molecule has 0 aliphatic heterocycles. The van der Waals surface area contributed by atoms with Crippen LogP contribution in [0.4, 0.5) is 0 Å². The molecule has 0 heterocycles. The van der Waals surface area contributed by atoms with Gasteiger partial charge in [0, 0.05) is 0 Å². The van der Waals surface area contributed by atoms with Gasteiger partial charge in [-0.1, -0.05) is 0 Å². The van der Waals surface area contributed by atoms with Crippen molar-refractivity contribution in [1.29, 1.82) is 0 Å². The molecular weight excluding hydrogens is 108 g/mol. The molecule has 9 heavy (non-hydrogen) atoms. The van der Waals surface area contributed by atoms with E-state index in [9.17, 15) is 0 Å². The van der Waals surface area contributed by atoms with E-state index in [2.05, 4.69) is 0 Å². The Bertz CT molecular complexity index is 148. The number of hydrogen-bond acceptors (Lipinski definition) is 0. The summed E-state index contributed by atoms with van der Waals surface area (Å²) in [7, 11) is 0. The molecule has 0 spiro atoms. The molecule has 0 heteroatoms. The van der Waals surface area contributed by atoms with Gasteiger partial charge in [-0.05, 0) is 54.8 Å². The van der Waals surface area contributed by atoms with Gasteiger partial charge in [0.2, 0.25) is 0 Å². The fraction of sp³-hybridized carbons (Fsp3) is 1.00. The van der Waals surface area contributed by atoms with E-state index in [0.717, 1.165) is 0 Å². The van der Waals surface area contributed by atoms with Crippen molar-refractivity contribution in [2.45, 2.75) is 19.3 Å². The Balaban J connectivity index is 1.91. The van der Waals surface area contributed by atoms with Crippen LogP contribution in [0.3, 0.4) is 0 Å². The number of fused-ring (bicyclic) bond motifs is 8. The minimum atomic E-state index is 1.25. The van der Waals surface area contributed by atoms with Crippen LogP contribution in [0.25, 0.3) is 0 Å². The van der Waals surface area contributed by atoms with Crippen molar-refractivity contribution in [3.8, 4) is 0 Å². The van der Waals surface area contributed by atoms with E-state index < -0.39 is 0 Å². The second-order valence-corrected chi connectivity index (χ2v) is 4.69. The Morgan fingerprint density at radius 2 is 0.667 bits per heavy atom. The maximum Gasteiger partial charge on any atom is -0.0349 e. The van der Waals surface area contributed by atoms with Gasteiger partial charge in [-0.3, -0.25) is 0 Å². The van der Waals surface area contributed by atoms with Gasteiger partial charge in [-0.15, -0.1) is 0 Å². The average Bonchev–Trinajstić information content (AvgIpc) is 2.74. The molecule has 0 atom stereocenters. The van der Waals surface area contributed by atoms with Gasteiger partial charge >= 0.3 is 0 Å². The lowest BCUT2D eigenvalue weighted by Gasteiger charge is -2.04. The molecular formula is C9H12. The molecule has 4 rings (SSSR count). The van der Waals surface area contributed by atoms with E-state index in [0.29, 0.717) is 0 Å². The SMILES string of the molecule is C1C2[C@H]3C[C@H]3[C@@H]1[C@H]1C[C@@H]21. The molecule has 0 aromatic rings. The maximum absolute atomic E-state index is 1.66. The topological polar surface area (TPSA) is 0 Å². The van der Waals surface area contributed by atoms with E-state index in [1.54, 1.807) is 19.3 Å². The predicted molar refractivity (Wildman–Crippen MR) is 34.8 cm³/mol. The van der Waals surface area contributed by atoms with Gasteiger partial charge in [0.15, 0.2) is 0 Å². The molecule has 0 unspecified atom stereocenters. The third-order valence-electron chi connectivity index (χ3n) is 4.53. The van der Waals surface area contributed by atoms with Gasteiger partial charge in [-0.2, -0.15) is 0 Å². The van der Waals surface area contributed by atoms with Crippen LogP contribution in [0.15, 0.2) is 0 Å². The van der Waals surface area contributed by atoms with E-state index >= 15 is 0 Å². The molecule has 4 aliphatic rings. The van der Waals surface area contributed by atoms with Crippen LogP contribution >= 0.6 is 0 Å². The molecule has 0 N–H and O–H groups in total. The van der Waals surface area contributed by atoms with Gasteiger partial charge in [-0.25, -0.2) is 0 Å². The van der Waals surface area contributed by atoms with Crippen LogP contribution in [0.1, 0.15) is 19.3 Å². The highest BCUT2D eigenvalue weighted by atomic mass is 14.7. The fourth-order valence-corrected chi connectivity index (χ4v) is 4.09. The van der Waals surface area contributed by atoms with Crippen molar-refractivity contribution in [3.05, 3.63) is 0 Å². The number of rotatable bonds is 0. The molecule has 0 aromatic heterocycles. The van der Waals surface area contributed by atoms with Crippen LogP contribution in [0.5, 0.6) is 0 Å². The lowest BCUT2D eigenvalue weighted by Crippen LogP contribution is -2.00. The molecule has 0 amide bonds. The summed E-state index contributed by atoms with van der Waals surface area (Å²) in [6, 6.07) is 0. The van der Waals surface area contributed by atoms with Crippen LogP contribution in [0.2, 0.25) is 0 Å². The van der Waals surface area contributed by atoms with Gasteiger partial charge in [0.05, 0.1) is 0 Å². The summed E-state index contributed by atoms with van der Waals surface area (Å²) in [4.78, 5) is 0. The first-order valence-electron chi connectivity index (χ1n) is 4.45. The first kappa shape index (κ1) is 4.00. The molecule has 48 valence electrons. The average molecular weight is 120 g/mol. The Morgan fingerprint density at radius 1 is 0.444 bits per heavy atom. The molecule has 0 aromatic carbocycles. The largest absolute Gasteiger partial charge is 0.0465 e. The van der Waals surface area contributed by atoms with Crippen molar-refractivity contribution in [1.82, 2.24) is 0 Å². The molecule has 4 saturated carbocycles. The van der Waals surface area contributed by atoms with Crippen molar-refractivity contribution >= 4 is 0 Å². The van der Waals surface area contributed by atoms with Crippen molar-refractivity contribution in [3.63, 3.8) is 0 Å². The minimum Gasteiger partial charge on any atom is -0.0465 e. The second-order valence-electron chi connectivity index (χ2n) is 4.69. The first-order valence-corrected chi connectivity index (χ1v) is 4.45. The van der Waals surface area contributed by atoms with E-state index in [1.807, 2.05) is 0 Å². The summed E-state index contributed by atoms with van der Waals surface area (Å²) >= 11 is 0. The van der Waals surface area contributed by atoms with Gasteiger partial charge in [0.25, 0.3) is 0 Å². The summed E-state index contributed by atoms with van der Waals surface area (Å²) in [5, 5.41) is 0. The summed E-state index contributed by atoms with van der Waals surface area (Å²) in [6.45, 7) is 0. The standard InChI is InChI=1S/C9H12/c1-4-5(1)9-3-8(4)6-2-7(6)9/h4-9H,1-3H2/t4-,5+,6+,7-,8-,9?.